The predicted octanol–water partition coefficient (Wildman–Crippen LogP) is 3.88. The number of rotatable bonds is 8. The van der Waals surface area contributed by atoms with Crippen LogP contribution in [0.2, 0.25) is 0 Å². The summed E-state index contributed by atoms with van der Waals surface area (Å²) >= 11 is 0. The van der Waals surface area contributed by atoms with Crippen LogP contribution < -0.4 is 5.32 Å². The second kappa shape index (κ2) is 6.44. The molecule has 1 fully saturated rings. The standard InChI is InChI=1S/C13H27N/c1-3-4-5-6-7-8-12-14-13(2)10-9-11-13/h14H,3-12H2,1-2H3. The van der Waals surface area contributed by atoms with Crippen LogP contribution in [0.5, 0.6) is 0 Å². The first-order valence-electron chi connectivity index (χ1n) is 6.52. The van der Waals surface area contributed by atoms with Crippen molar-refractivity contribution in [3.8, 4) is 0 Å². The second-order valence-corrected chi connectivity index (χ2v) is 5.11. The van der Waals surface area contributed by atoms with E-state index in [1.165, 1.54) is 64.3 Å². The molecule has 0 atom stereocenters. The first-order valence-corrected chi connectivity index (χ1v) is 6.52. The number of unbranched alkanes of at least 4 members (excludes halogenated alkanes) is 5. The Balaban J connectivity index is 1.80. The maximum absolute atomic E-state index is 3.69. The maximum atomic E-state index is 3.69. The summed E-state index contributed by atoms with van der Waals surface area (Å²) in [4.78, 5) is 0. The molecule has 0 amide bonds. The minimum Gasteiger partial charge on any atom is -0.312 e. The summed E-state index contributed by atoms with van der Waals surface area (Å²) < 4.78 is 0. The molecule has 84 valence electrons. The van der Waals surface area contributed by atoms with Crippen molar-refractivity contribution in [2.24, 2.45) is 0 Å². The van der Waals surface area contributed by atoms with E-state index in [4.69, 9.17) is 0 Å². The van der Waals surface area contributed by atoms with E-state index in [-0.39, 0.29) is 0 Å². The molecule has 1 heteroatoms. The summed E-state index contributed by atoms with van der Waals surface area (Å²) in [6, 6.07) is 0. The Labute approximate surface area is 89.7 Å². The summed E-state index contributed by atoms with van der Waals surface area (Å²) in [7, 11) is 0. The molecule has 0 aromatic heterocycles. The minimum atomic E-state index is 0.517. The van der Waals surface area contributed by atoms with Gasteiger partial charge in [0.25, 0.3) is 0 Å². The topological polar surface area (TPSA) is 12.0 Å². The zero-order valence-electron chi connectivity index (χ0n) is 10.1. The summed E-state index contributed by atoms with van der Waals surface area (Å²) in [6.45, 7) is 5.88. The average molecular weight is 197 g/mol. The van der Waals surface area contributed by atoms with Crippen molar-refractivity contribution in [2.45, 2.75) is 77.2 Å². The van der Waals surface area contributed by atoms with Gasteiger partial charge in [0, 0.05) is 5.54 Å². The van der Waals surface area contributed by atoms with E-state index < -0.39 is 0 Å². The van der Waals surface area contributed by atoms with Gasteiger partial charge in [-0.15, -0.1) is 0 Å². The van der Waals surface area contributed by atoms with Gasteiger partial charge >= 0.3 is 0 Å². The van der Waals surface area contributed by atoms with Crippen LogP contribution in [0.3, 0.4) is 0 Å². The third-order valence-electron chi connectivity index (χ3n) is 3.54. The molecule has 0 aliphatic heterocycles. The Bertz CT molecular complexity index is 138. The predicted molar refractivity (Wildman–Crippen MR) is 63.6 cm³/mol. The van der Waals surface area contributed by atoms with Crippen LogP contribution >= 0.6 is 0 Å². The quantitative estimate of drug-likeness (QED) is 0.582. The van der Waals surface area contributed by atoms with Crippen molar-refractivity contribution < 1.29 is 0 Å². The summed E-state index contributed by atoms with van der Waals surface area (Å²) in [5.74, 6) is 0. The van der Waals surface area contributed by atoms with Crippen LogP contribution in [0.15, 0.2) is 0 Å². The van der Waals surface area contributed by atoms with Crippen LogP contribution in [0.4, 0.5) is 0 Å². The minimum absolute atomic E-state index is 0.517. The highest BCUT2D eigenvalue weighted by Crippen LogP contribution is 2.30. The Hall–Kier alpha value is -0.0400. The summed E-state index contributed by atoms with van der Waals surface area (Å²) in [6.07, 6.45) is 12.7. The molecular weight excluding hydrogens is 170 g/mol. The molecular formula is C13H27N. The first kappa shape index (κ1) is 12.0. The molecule has 0 aromatic rings. The third-order valence-corrected chi connectivity index (χ3v) is 3.54. The summed E-state index contributed by atoms with van der Waals surface area (Å²) in [5.41, 5.74) is 0.517. The Morgan fingerprint density at radius 1 is 1.00 bits per heavy atom. The Morgan fingerprint density at radius 3 is 2.21 bits per heavy atom. The van der Waals surface area contributed by atoms with Gasteiger partial charge in [0.1, 0.15) is 0 Å². The molecule has 0 aromatic carbocycles. The van der Waals surface area contributed by atoms with E-state index in [1.807, 2.05) is 0 Å². The number of nitrogens with one attached hydrogen (secondary N) is 1. The zero-order valence-corrected chi connectivity index (χ0v) is 10.1. The molecule has 1 N–H and O–H groups in total. The molecule has 1 saturated carbocycles. The molecule has 0 unspecified atom stereocenters. The van der Waals surface area contributed by atoms with Crippen molar-refractivity contribution in [3.05, 3.63) is 0 Å². The second-order valence-electron chi connectivity index (χ2n) is 5.11. The number of hydrogen-bond acceptors (Lipinski definition) is 1. The van der Waals surface area contributed by atoms with E-state index in [9.17, 15) is 0 Å². The van der Waals surface area contributed by atoms with E-state index in [0.29, 0.717) is 5.54 Å². The van der Waals surface area contributed by atoms with Gasteiger partial charge in [-0.2, -0.15) is 0 Å². The number of hydrogen-bond donors (Lipinski definition) is 1. The van der Waals surface area contributed by atoms with Crippen molar-refractivity contribution in [1.29, 1.82) is 0 Å². The normalized spacial score (nSPS) is 19.3. The molecule has 1 aliphatic carbocycles. The van der Waals surface area contributed by atoms with Crippen LogP contribution in [0.25, 0.3) is 0 Å². The van der Waals surface area contributed by atoms with Gasteiger partial charge in [0.15, 0.2) is 0 Å². The van der Waals surface area contributed by atoms with E-state index in [0.717, 1.165) is 0 Å². The lowest BCUT2D eigenvalue weighted by Crippen LogP contribution is -2.48. The van der Waals surface area contributed by atoms with Crippen molar-refractivity contribution in [3.63, 3.8) is 0 Å². The van der Waals surface area contributed by atoms with Crippen LogP contribution in [0.1, 0.15) is 71.6 Å². The highest BCUT2D eigenvalue weighted by atomic mass is 15.0. The lowest BCUT2D eigenvalue weighted by molar-refractivity contribution is 0.208. The fraction of sp³-hybridized carbons (Fsp3) is 1.00. The average Bonchev–Trinajstić information content (AvgIpc) is 2.14. The Morgan fingerprint density at radius 2 is 1.64 bits per heavy atom. The molecule has 1 rings (SSSR count). The fourth-order valence-corrected chi connectivity index (χ4v) is 2.18. The fourth-order valence-electron chi connectivity index (χ4n) is 2.18. The molecule has 1 aliphatic rings. The van der Waals surface area contributed by atoms with E-state index >= 15 is 0 Å². The Kier molecular flexibility index (Phi) is 5.54. The SMILES string of the molecule is CCCCCCCCNC1(C)CCC1. The molecule has 0 heterocycles. The van der Waals surface area contributed by atoms with Crippen LogP contribution in [0, 0.1) is 0 Å². The monoisotopic (exact) mass is 197 g/mol. The van der Waals surface area contributed by atoms with Gasteiger partial charge in [-0.1, -0.05) is 39.0 Å². The van der Waals surface area contributed by atoms with Gasteiger partial charge < -0.3 is 5.32 Å². The lowest BCUT2D eigenvalue weighted by Gasteiger charge is -2.39. The maximum Gasteiger partial charge on any atom is 0.0153 e. The van der Waals surface area contributed by atoms with Gasteiger partial charge in [0.2, 0.25) is 0 Å². The van der Waals surface area contributed by atoms with Crippen molar-refractivity contribution >= 4 is 0 Å². The van der Waals surface area contributed by atoms with Gasteiger partial charge in [-0.25, -0.2) is 0 Å². The molecule has 0 saturated heterocycles. The molecule has 14 heavy (non-hydrogen) atoms. The highest BCUT2D eigenvalue weighted by molar-refractivity contribution is 4.91. The molecule has 1 nitrogen and oxygen atoms in total. The lowest BCUT2D eigenvalue weighted by atomic mass is 9.78. The van der Waals surface area contributed by atoms with E-state index in [2.05, 4.69) is 19.2 Å². The van der Waals surface area contributed by atoms with Gasteiger partial charge in [-0.3, -0.25) is 0 Å². The molecule has 0 spiro atoms. The van der Waals surface area contributed by atoms with Crippen molar-refractivity contribution in [1.82, 2.24) is 5.32 Å². The smallest absolute Gasteiger partial charge is 0.0153 e. The third kappa shape index (κ3) is 4.45. The highest BCUT2D eigenvalue weighted by Gasteiger charge is 2.30. The molecule has 0 radical (unpaired) electrons. The van der Waals surface area contributed by atoms with Crippen LogP contribution in [-0.4, -0.2) is 12.1 Å². The van der Waals surface area contributed by atoms with E-state index in [1.54, 1.807) is 0 Å². The summed E-state index contributed by atoms with van der Waals surface area (Å²) in [5, 5.41) is 3.69. The molecule has 0 bridgehead atoms. The zero-order chi connectivity index (χ0) is 10.3. The van der Waals surface area contributed by atoms with Gasteiger partial charge in [-0.05, 0) is 39.2 Å². The van der Waals surface area contributed by atoms with Crippen LogP contribution in [-0.2, 0) is 0 Å². The first-order chi connectivity index (χ1) is 6.77. The largest absolute Gasteiger partial charge is 0.312 e. The van der Waals surface area contributed by atoms with Crippen molar-refractivity contribution in [2.75, 3.05) is 6.54 Å². The van der Waals surface area contributed by atoms with Gasteiger partial charge in [0.05, 0.1) is 0 Å².